The molecule has 5 nitrogen and oxygen atoms in total. The molecule has 4 atom stereocenters. The van der Waals surface area contributed by atoms with Crippen molar-refractivity contribution in [2.75, 3.05) is 0 Å². The summed E-state index contributed by atoms with van der Waals surface area (Å²) >= 11 is 0. The van der Waals surface area contributed by atoms with Crippen molar-refractivity contribution in [3.63, 3.8) is 0 Å². The van der Waals surface area contributed by atoms with Crippen molar-refractivity contribution in [3.8, 4) is 0 Å². The first-order chi connectivity index (χ1) is 11.1. The second kappa shape index (κ2) is 5.62. The molecule has 4 rings (SSSR count). The Labute approximate surface area is 136 Å². The molecule has 23 heavy (non-hydrogen) atoms. The predicted octanol–water partition coefficient (Wildman–Crippen LogP) is 2.53. The maximum Gasteiger partial charge on any atom is 0.347 e. The van der Waals surface area contributed by atoms with Crippen LogP contribution in [0.5, 0.6) is 0 Å². The number of carbonyl (C=O) groups excluding carboxylic acids is 2. The Hall–Kier alpha value is -1.36. The summed E-state index contributed by atoms with van der Waals surface area (Å²) in [4.78, 5) is 24.8. The largest absolute Gasteiger partial charge is 0.456 e. The summed E-state index contributed by atoms with van der Waals surface area (Å²) < 4.78 is 16.9. The van der Waals surface area contributed by atoms with Crippen molar-refractivity contribution in [2.24, 2.45) is 11.8 Å². The van der Waals surface area contributed by atoms with Crippen LogP contribution in [0.25, 0.3) is 0 Å². The van der Waals surface area contributed by atoms with Crippen LogP contribution in [0.2, 0.25) is 0 Å². The van der Waals surface area contributed by atoms with Crippen molar-refractivity contribution < 1.29 is 23.8 Å². The van der Waals surface area contributed by atoms with Gasteiger partial charge in [0.1, 0.15) is 5.60 Å². The summed E-state index contributed by atoms with van der Waals surface area (Å²) in [5.74, 6) is -0.280. The van der Waals surface area contributed by atoms with E-state index in [9.17, 15) is 9.59 Å². The van der Waals surface area contributed by atoms with E-state index in [4.69, 9.17) is 14.2 Å². The highest BCUT2D eigenvalue weighted by molar-refractivity contribution is 5.81. The zero-order valence-electron chi connectivity index (χ0n) is 13.5. The summed E-state index contributed by atoms with van der Waals surface area (Å²) in [6.07, 6.45) is 9.23. The summed E-state index contributed by atoms with van der Waals surface area (Å²) in [6.45, 7) is 1.85. The van der Waals surface area contributed by atoms with Gasteiger partial charge in [0.25, 0.3) is 0 Å². The van der Waals surface area contributed by atoms with Crippen molar-refractivity contribution in [1.82, 2.24) is 0 Å². The van der Waals surface area contributed by atoms with E-state index >= 15 is 0 Å². The van der Waals surface area contributed by atoms with Gasteiger partial charge in [0, 0.05) is 0 Å². The van der Waals surface area contributed by atoms with E-state index in [1.807, 2.05) is 19.1 Å². The molecule has 2 aliphatic heterocycles. The first-order valence-electron chi connectivity index (χ1n) is 8.86. The first kappa shape index (κ1) is 15.2. The molecule has 0 aromatic heterocycles. The highest BCUT2D eigenvalue weighted by Crippen LogP contribution is 2.50. The van der Waals surface area contributed by atoms with Gasteiger partial charge in [-0.25, -0.2) is 4.79 Å². The molecule has 0 spiro atoms. The Morgan fingerprint density at radius 1 is 1.30 bits per heavy atom. The molecule has 5 heteroatoms. The summed E-state index contributed by atoms with van der Waals surface area (Å²) in [5.41, 5.74) is -0.278. The van der Waals surface area contributed by atoms with E-state index in [0.717, 1.165) is 32.1 Å². The lowest BCUT2D eigenvalue weighted by molar-refractivity contribution is -0.181. The second-order valence-electron chi connectivity index (χ2n) is 7.45. The fourth-order valence-corrected chi connectivity index (χ4v) is 4.59. The summed E-state index contributed by atoms with van der Waals surface area (Å²) in [5, 5.41) is 0. The van der Waals surface area contributed by atoms with Crippen LogP contribution in [0.15, 0.2) is 12.2 Å². The number of fused-ring (bicyclic) bond motifs is 4. The Balaban J connectivity index is 1.35. The molecular formula is C18H24O5. The molecular weight excluding hydrogens is 296 g/mol. The van der Waals surface area contributed by atoms with Crippen molar-refractivity contribution >= 4 is 11.9 Å². The quantitative estimate of drug-likeness (QED) is 0.575. The molecule has 126 valence electrons. The lowest BCUT2D eigenvalue weighted by atomic mass is 9.94. The third-order valence-electron chi connectivity index (χ3n) is 5.92. The molecule has 4 unspecified atom stereocenters. The second-order valence-corrected chi connectivity index (χ2v) is 7.45. The number of esters is 2. The summed E-state index contributed by atoms with van der Waals surface area (Å²) in [7, 11) is 0. The smallest absolute Gasteiger partial charge is 0.347 e. The molecule has 0 aromatic carbocycles. The maximum absolute atomic E-state index is 12.5. The molecule has 0 N–H and O–H groups in total. The molecule has 0 amide bonds. The number of ether oxygens (including phenoxy) is 3. The molecule has 1 saturated heterocycles. The number of hydrogen-bond acceptors (Lipinski definition) is 5. The highest BCUT2D eigenvalue weighted by Gasteiger charge is 2.49. The van der Waals surface area contributed by atoms with Crippen molar-refractivity contribution in [1.29, 1.82) is 0 Å². The van der Waals surface area contributed by atoms with E-state index in [-0.39, 0.29) is 35.7 Å². The summed E-state index contributed by atoms with van der Waals surface area (Å²) in [6, 6.07) is 0. The minimum Gasteiger partial charge on any atom is -0.456 e. The Bertz CT molecular complexity index is 532. The highest BCUT2D eigenvalue weighted by atomic mass is 16.6. The molecule has 2 saturated carbocycles. The van der Waals surface area contributed by atoms with Crippen LogP contribution in [-0.4, -0.2) is 35.9 Å². The monoisotopic (exact) mass is 320 g/mol. The fourth-order valence-electron chi connectivity index (χ4n) is 4.59. The standard InChI is InChI=1S/C18H24O5/c1-2-14(17(20)23-18-7-5-11(10-18)6-8-18)22-16(19)13-9-12-3-4-15(13)21-12/h3-4,11-15H,2,5-10H2,1H3. The van der Waals surface area contributed by atoms with Gasteiger partial charge in [-0.3, -0.25) is 4.79 Å². The number of rotatable bonds is 5. The molecule has 0 radical (unpaired) electrons. The van der Waals surface area contributed by atoms with Gasteiger partial charge in [0.05, 0.1) is 18.1 Å². The lowest BCUT2D eigenvalue weighted by Crippen LogP contribution is -2.39. The van der Waals surface area contributed by atoms with Gasteiger partial charge in [0.2, 0.25) is 0 Å². The maximum atomic E-state index is 12.5. The van der Waals surface area contributed by atoms with Crippen molar-refractivity contribution in [3.05, 3.63) is 12.2 Å². The minimum atomic E-state index is -0.792. The first-order valence-corrected chi connectivity index (χ1v) is 8.86. The van der Waals surface area contributed by atoms with Crippen molar-refractivity contribution in [2.45, 2.75) is 75.8 Å². The molecule has 4 bridgehead atoms. The third kappa shape index (κ3) is 2.69. The van der Waals surface area contributed by atoms with Gasteiger partial charge in [-0.2, -0.15) is 0 Å². The van der Waals surface area contributed by atoms with Gasteiger partial charge in [-0.15, -0.1) is 0 Å². The van der Waals surface area contributed by atoms with Gasteiger partial charge in [0.15, 0.2) is 6.10 Å². The number of hydrogen-bond donors (Lipinski definition) is 0. The SMILES string of the molecule is CCC(OC(=O)C1CC2C=CC1O2)C(=O)OC12CCC(CC1)C2. The Kier molecular flexibility index (Phi) is 3.71. The normalized spacial score (nSPS) is 41.3. The average molecular weight is 320 g/mol. The Morgan fingerprint density at radius 2 is 2.09 bits per heavy atom. The predicted molar refractivity (Wildman–Crippen MR) is 81.5 cm³/mol. The van der Waals surface area contributed by atoms with Crippen LogP contribution < -0.4 is 0 Å². The van der Waals surface area contributed by atoms with E-state index in [2.05, 4.69) is 0 Å². The van der Waals surface area contributed by atoms with Crippen LogP contribution in [0, 0.1) is 11.8 Å². The van der Waals surface area contributed by atoms with Gasteiger partial charge < -0.3 is 14.2 Å². The average Bonchev–Trinajstić information content (AvgIpc) is 3.31. The van der Waals surface area contributed by atoms with Gasteiger partial charge in [-0.05, 0) is 50.9 Å². The van der Waals surface area contributed by atoms with Crippen LogP contribution in [0.3, 0.4) is 0 Å². The minimum absolute atomic E-state index is 0.0253. The van der Waals surface area contributed by atoms with E-state index in [1.54, 1.807) is 0 Å². The topological polar surface area (TPSA) is 61.8 Å². The van der Waals surface area contributed by atoms with Gasteiger partial charge >= 0.3 is 11.9 Å². The molecule has 3 fully saturated rings. The van der Waals surface area contributed by atoms with E-state index < -0.39 is 6.10 Å². The van der Waals surface area contributed by atoms with E-state index in [0.29, 0.717) is 18.8 Å². The van der Waals surface area contributed by atoms with Crippen LogP contribution in [0.4, 0.5) is 0 Å². The molecule has 2 aliphatic carbocycles. The van der Waals surface area contributed by atoms with E-state index in [1.165, 1.54) is 0 Å². The van der Waals surface area contributed by atoms with Crippen LogP contribution in [0.1, 0.15) is 51.9 Å². The van der Waals surface area contributed by atoms with Crippen LogP contribution >= 0.6 is 0 Å². The zero-order chi connectivity index (χ0) is 16.0. The molecule has 0 aromatic rings. The third-order valence-corrected chi connectivity index (χ3v) is 5.92. The molecule has 2 heterocycles. The number of carbonyl (C=O) groups is 2. The van der Waals surface area contributed by atoms with Gasteiger partial charge in [-0.1, -0.05) is 19.1 Å². The van der Waals surface area contributed by atoms with Crippen LogP contribution in [-0.2, 0) is 23.8 Å². The lowest BCUT2D eigenvalue weighted by Gasteiger charge is -2.29. The zero-order valence-corrected chi connectivity index (χ0v) is 13.5. The fraction of sp³-hybridized carbons (Fsp3) is 0.778. The molecule has 4 aliphatic rings. The Morgan fingerprint density at radius 3 is 2.61 bits per heavy atom.